The van der Waals surface area contributed by atoms with Crippen molar-refractivity contribution in [2.45, 2.75) is 19.8 Å². The highest BCUT2D eigenvalue weighted by molar-refractivity contribution is 6.40. The van der Waals surface area contributed by atoms with E-state index in [0.29, 0.717) is 18.1 Å². The largest absolute Gasteiger partial charge is 0.493 e. The summed E-state index contributed by atoms with van der Waals surface area (Å²) in [5.41, 5.74) is 0.956. The van der Waals surface area contributed by atoms with Crippen molar-refractivity contribution in [2.24, 2.45) is 0 Å². The molecular weight excluding hydrogens is 298 g/mol. The smallest absolute Gasteiger partial charge is 0.303 e. The van der Waals surface area contributed by atoms with Gasteiger partial charge in [-0.3, -0.25) is 4.79 Å². The third-order valence-electron chi connectivity index (χ3n) is 1.93. The first-order valence-electron chi connectivity index (χ1n) is 5.24. The van der Waals surface area contributed by atoms with E-state index in [0.717, 1.165) is 11.3 Å². The van der Waals surface area contributed by atoms with E-state index in [1.54, 1.807) is 12.1 Å². The molecule has 0 aliphatic carbocycles. The highest BCUT2D eigenvalue weighted by Gasteiger charge is 2.01. The highest BCUT2D eigenvalue weighted by atomic mass is 35.5. The Morgan fingerprint density at radius 2 is 2.00 bits per heavy atom. The lowest BCUT2D eigenvalue weighted by atomic mass is 10.2. The molecule has 0 spiro atoms. The maximum Gasteiger partial charge on any atom is 0.303 e. The summed E-state index contributed by atoms with van der Waals surface area (Å²) in [5.74, 6) is -0.0452. The molecule has 6 heteroatoms. The van der Waals surface area contributed by atoms with Gasteiger partial charge in [0.25, 0.3) is 0 Å². The molecule has 102 valence electrons. The predicted molar refractivity (Wildman–Crippen MR) is 75.1 cm³/mol. The minimum atomic E-state index is -0.800. The summed E-state index contributed by atoms with van der Waals surface area (Å²) in [6.45, 7) is 2.31. The van der Waals surface area contributed by atoms with Crippen molar-refractivity contribution in [2.75, 3.05) is 11.9 Å². The van der Waals surface area contributed by atoms with E-state index in [1.807, 2.05) is 13.0 Å². The van der Waals surface area contributed by atoms with Crippen molar-refractivity contribution >= 4 is 40.8 Å². The van der Waals surface area contributed by atoms with E-state index in [2.05, 4.69) is 0 Å². The Bertz CT molecular complexity index is 370. The lowest BCUT2D eigenvalue weighted by Crippen LogP contribution is -2.02. The third kappa shape index (κ3) is 8.45. The molecule has 0 heterocycles. The highest BCUT2D eigenvalue weighted by Crippen LogP contribution is 2.21. The van der Waals surface area contributed by atoms with Gasteiger partial charge < -0.3 is 9.84 Å². The Morgan fingerprint density at radius 3 is 2.50 bits per heavy atom. The van der Waals surface area contributed by atoms with Gasteiger partial charge in [0.1, 0.15) is 5.75 Å². The number of carboxylic acid groups (broad SMARTS) is 1. The summed E-state index contributed by atoms with van der Waals surface area (Å²) in [5, 5.41) is 9.29. The molecule has 0 saturated heterocycles. The van der Waals surface area contributed by atoms with Crippen LogP contribution in [0.2, 0.25) is 5.02 Å². The molecule has 0 bridgehead atoms. The number of carbonyl (C=O) groups is 1. The second-order valence-electron chi connectivity index (χ2n) is 3.36. The summed E-state index contributed by atoms with van der Waals surface area (Å²) < 4.78 is 5.42. The maximum absolute atomic E-state index is 10.2. The average Bonchev–Trinajstić information content (AvgIpc) is 2.27. The van der Waals surface area contributed by atoms with Crippen molar-refractivity contribution in [3.8, 4) is 5.75 Å². The number of alkyl halides is 2. The van der Waals surface area contributed by atoms with Gasteiger partial charge >= 0.3 is 5.97 Å². The van der Waals surface area contributed by atoms with Crippen LogP contribution in [0, 0.1) is 6.92 Å². The van der Waals surface area contributed by atoms with Crippen LogP contribution >= 0.6 is 34.8 Å². The minimum absolute atomic E-state index is 0.132. The fourth-order valence-corrected chi connectivity index (χ4v) is 1.41. The number of aryl methyl sites for hydroxylation is 1. The van der Waals surface area contributed by atoms with Gasteiger partial charge in [-0.2, -0.15) is 0 Å². The summed E-state index contributed by atoms with van der Waals surface area (Å²) >= 11 is 15.3. The van der Waals surface area contributed by atoms with Gasteiger partial charge in [-0.15, -0.1) is 23.2 Å². The van der Waals surface area contributed by atoms with Crippen LogP contribution in [0.4, 0.5) is 0 Å². The molecule has 1 aromatic rings. The Morgan fingerprint density at radius 1 is 1.39 bits per heavy atom. The first kappa shape index (κ1) is 17.4. The molecule has 0 atom stereocenters. The van der Waals surface area contributed by atoms with Gasteiger partial charge in [0.15, 0.2) is 0 Å². The standard InChI is InChI=1S/C11H13ClO3.CH2Cl2/c1-8-7-9(12)4-5-10(8)15-6-2-3-11(13)14;2-1-3/h4-5,7H,2-3,6H2,1H3,(H,13,14);1H2. The van der Waals surface area contributed by atoms with Crippen molar-refractivity contribution < 1.29 is 14.6 Å². The normalized spacial score (nSPS) is 9.33. The molecular formula is C12H15Cl3O3. The van der Waals surface area contributed by atoms with E-state index in [4.69, 9.17) is 44.6 Å². The molecule has 18 heavy (non-hydrogen) atoms. The van der Waals surface area contributed by atoms with Gasteiger partial charge in [-0.25, -0.2) is 0 Å². The Kier molecular flexibility index (Phi) is 9.93. The molecule has 0 aliphatic heterocycles. The van der Waals surface area contributed by atoms with E-state index in [-0.39, 0.29) is 11.8 Å². The monoisotopic (exact) mass is 312 g/mol. The topological polar surface area (TPSA) is 46.5 Å². The zero-order chi connectivity index (χ0) is 14.0. The quantitative estimate of drug-likeness (QED) is 0.650. The van der Waals surface area contributed by atoms with E-state index < -0.39 is 5.97 Å². The molecule has 0 radical (unpaired) electrons. The first-order valence-corrected chi connectivity index (χ1v) is 6.68. The maximum atomic E-state index is 10.2. The predicted octanol–water partition coefficient (Wildman–Crippen LogP) is 4.31. The number of carboxylic acids is 1. The molecule has 0 fully saturated rings. The number of ether oxygens (including phenoxy) is 1. The van der Waals surface area contributed by atoms with Crippen molar-refractivity contribution in [1.29, 1.82) is 0 Å². The minimum Gasteiger partial charge on any atom is -0.493 e. The summed E-state index contributed by atoms with van der Waals surface area (Å²) in [7, 11) is 0. The lowest BCUT2D eigenvalue weighted by Gasteiger charge is -2.08. The molecule has 0 amide bonds. The second kappa shape index (κ2) is 10.3. The van der Waals surface area contributed by atoms with Crippen LogP contribution in [-0.4, -0.2) is 23.0 Å². The van der Waals surface area contributed by atoms with Gasteiger partial charge in [0.2, 0.25) is 0 Å². The van der Waals surface area contributed by atoms with E-state index in [1.165, 1.54) is 0 Å². The van der Waals surface area contributed by atoms with Gasteiger partial charge in [-0.1, -0.05) is 11.6 Å². The fourth-order valence-electron chi connectivity index (χ4n) is 1.18. The molecule has 1 rings (SSSR count). The zero-order valence-corrected chi connectivity index (χ0v) is 12.2. The number of aliphatic carboxylic acids is 1. The van der Waals surface area contributed by atoms with Crippen LogP contribution in [0.1, 0.15) is 18.4 Å². The van der Waals surface area contributed by atoms with E-state index >= 15 is 0 Å². The van der Waals surface area contributed by atoms with Crippen molar-refractivity contribution in [3.05, 3.63) is 28.8 Å². The summed E-state index contributed by atoms with van der Waals surface area (Å²) in [6.07, 6.45) is 0.643. The second-order valence-corrected chi connectivity index (χ2v) is 4.60. The van der Waals surface area contributed by atoms with Crippen LogP contribution < -0.4 is 4.74 Å². The van der Waals surface area contributed by atoms with Gasteiger partial charge in [0.05, 0.1) is 11.9 Å². The van der Waals surface area contributed by atoms with Crippen LogP contribution in [-0.2, 0) is 4.79 Å². The van der Waals surface area contributed by atoms with E-state index in [9.17, 15) is 4.79 Å². The molecule has 3 nitrogen and oxygen atoms in total. The third-order valence-corrected chi connectivity index (χ3v) is 2.16. The van der Waals surface area contributed by atoms with Crippen LogP contribution in [0.15, 0.2) is 18.2 Å². The number of hydrogen-bond donors (Lipinski definition) is 1. The lowest BCUT2D eigenvalue weighted by molar-refractivity contribution is -0.137. The summed E-state index contributed by atoms with van der Waals surface area (Å²) in [4.78, 5) is 10.2. The first-order chi connectivity index (χ1) is 8.51. The van der Waals surface area contributed by atoms with Gasteiger partial charge in [0, 0.05) is 11.4 Å². The number of benzene rings is 1. The number of halogens is 3. The Labute approximate surface area is 122 Å². The SMILES string of the molecule is Cc1cc(Cl)ccc1OCCCC(=O)O.ClCCl. The van der Waals surface area contributed by atoms with Gasteiger partial charge in [-0.05, 0) is 37.1 Å². The van der Waals surface area contributed by atoms with Crippen LogP contribution in [0.5, 0.6) is 5.75 Å². The molecule has 1 aromatic carbocycles. The molecule has 0 saturated carbocycles. The molecule has 1 N–H and O–H groups in total. The van der Waals surface area contributed by atoms with Crippen molar-refractivity contribution in [3.63, 3.8) is 0 Å². The molecule has 0 aromatic heterocycles. The Balaban J connectivity index is 0.000000873. The number of hydrogen-bond acceptors (Lipinski definition) is 2. The number of rotatable bonds is 5. The zero-order valence-electron chi connectivity index (χ0n) is 9.96. The fraction of sp³-hybridized carbons (Fsp3) is 0.417. The van der Waals surface area contributed by atoms with Crippen LogP contribution in [0.3, 0.4) is 0 Å². The molecule has 0 aliphatic rings. The molecule has 0 unspecified atom stereocenters. The average molecular weight is 314 g/mol. The summed E-state index contributed by atoms with van der Waals surface area (Å²) in [6, 6.07) is 5.35. The Hall–Kier alpha value is -0.640. The van der Waals surface area contributed by atoms with Crippen LogP contribution in [0.25, 0.3) is 0 Å². The van der Waals surface area contributed by atoms with Crippen molar-refractivity contribution in [1.82, 2.24) is 0 Å².